The second-order valence-corrected chi connectivity index (χ2v) is 5.41. The van der Waals surface area contributed by atoms with Gasteiger partial charge in [-0.25, -0.2) is 4.79 Å². The Morgan fingerprint density at radius 3 is 2.61 bits per heavy atom. The van der Waals surface area contributed by atoms with Gasteiger partial charge in [0.25, 0.3) is 0 Å². The molecule has 3 N–H and O–H groups in total. The van der Waals surface area contributed by atoms with Crippen LogP contribution in [-0.2, 0) is 17.8 Å². The van der Waals surface area contributed by atoms with Gasteiger partial charge in [0, 0.05) is 30.4 Å². The first-order chi connectivity index (χ1) is 11.2. The number of carbonyl (C=O) groups excluding carboxylic acids is 1. The Hall–Kier alpha value is -2.40. The average Bonchev–Trinajstić information content (AvgIpc) is 2.59. The number of aromatic nitrogens is 1. The van der Waals surface area contributed by atoms with Crippen LogP contribution < -0.4 is 11.1 Å². The number of rotatable bonds is 7. The molecule has 122 valence electrons. The molecule has 0 bridgehead atoms. The highest BCUT2D eigenvalue weighted by atomic mass is 16.5. The molecule has 0 aliphatic heterocycles. The number of hydrogen-bond donors (Lipinski definition) is 2. The Morgan fingerprint density at radius 2 is 1.96 bits per heavy atom. The second kappa shape index (κ2) is 8.90. The van der Waals surface area contributed by atoms with Crippen LogP contribution in [-0.4, -0.2) is 23.2 Å². The minimum atomic E-state index is -0.447. The van der Waals surface area contributed by atoms with Crippen molar-refractivity contribution >= 4 is 6.09 Å². The van der Waals surface area contributed by atoms with Gasteiger partial charge in [0.1, 0.15) is 6.61 Å². The minimum Gasteiger partial charge on any atom is -0.445 e. The molecule has 1 aromatic heterocycles. The van der Waals surface area contributed by atoms with Crippen LogP contribution in [0.1, 0.15) is 24.6 Å². The number of pyridine rings is 1. The number of hydrogen-bond acceptors (Lipinski definition) is 4. The molecule has 5 heteroatoms. The predicted molar refractivity (Wildman–Crippen MR) is 89.8 cm³/mol. The van der Waals surface area contributed by atoms with Gasteiger partial charge < -0.3 is 15.8 Å². The molecular formula is C18H23N3O2. The van der Waals surface area contributed by atoms with Crippen LogP contribution in [0.2, 0.25) is 0 Å². The van der Waals surface area contributed by atoms with Crippen molar-refractivity contribution in [3.05, 3.63) is 66.0 Å². The first-order valence-electron chi connectivity index (χ1n) is 7.81. The molecule has 2 rings (SSSR count). The van der Waals surface area contributed by atoms with Gasteiger partial charge in [-0.1, -0.05) is 43.3 Å². The summed E-state index contributed by atoms with van der Waals surface area (Å²) < 4.78 is 5.24. The highest BCUT2D eigenvalue weighted by molar-refractivity contribution is 5.67. The predicted octanol–water partition coefficient (Wildman–Crippen LogP) is 2.66. The molecular weight excluding hydrogens is 290 g/mol. The summed E-state index contributed by atoms with van der Waals surface area (Å²) >= 11 is 0. The van der Waals surface area contributed by atoms with Crippen LogP contribution in [0.15, 0.2) is 54.7 Å². The minimum absolute atomic E-state index is 0.153. The molecule has 2 aromatic rings. The number of amides is 1. The summed E-state index contributed by atoms with van der Waals surface area (Å²) in [5.41, 5.74) is 8.07. The van der Waals surface area contributed by atoms with Crippen LogP contribution in [0.5, 0.6) is 0 Å². The molecule has 0 aliphatic rings. The van der Waals surface area contributed by atoms with E-state index in [-0.39, 0.29) is 18.7 Å². The first kappa shape index (κ1) is 17.0. The topological polar surface area (TPSA) is 77.2 Å². The largest absolute Gasteiger partial charge is 0.445 e. The number of carbonyl (C=O) groups is 1. The molecule has 23 heavy (non-hydrogen) atoms. The number of nitrogens with two attached hydrogens (primary N) is 1. The second-order valence-electron chi connectivity index (χ2n) is 5.41. The van der Waals surface area contributed by atoms with Gasteiger partial charge in [0.05, 0.1) is 0 Å². The van der Waals surface area contributed by atoms with E-state index in [0.717, 1.165) is 17.7 Å². The molecule has 1 amide bonds. The van der Waals surface area contributed by atoms with Crippen LogP contribution >= 0.6 is 0 Å². The van der Waals surface area contributed by atoms with Crippen molar-refractivity contribution in [1.82, 2.24) is 10.3 Å². The van der Waals surface area contributed by atoms with Crippen molar-refractivity contribution in [2.24, 2.45) is 5.73 Å². The normalized spacial score (nSPS) is 13.1. The zero-order valence-corrected chi connectivity index (χ0v) is 13.3. The van der Waals surface area contributed by atoms with Crippen LogP contribution in [0, 0.1) is 0 Å². The first-order valence-corrected chi connectivity index (χ1v) is 7.81. The van der Waals surface area contributed by atoms with Gasteiger partial charge in [0.15, 0.2) is 0 Å². The highest BCUT2D eigenvalue weighted by Gasteiger charge is 2.19. The van der Waals surface area contributed by atoms with Crippen molar-refractivity contribution in [1.29, 1.82) is 0 Å². The van der Waals surface area contributed by atoms with Crippen molar-refractivity contribution in [3.63, 3.8) is 0 Å². The Morgan fingerprint density at radius 1 is 1.22 bits per heavy atom. The molecule has 0 fully saturated rings. The van der Waals surface area contributed by atoms with Crippen molar-refractivity contribution < 1.29 is 9.53 Å². The third-order valence-electron chi connectivity index (χ3n) is 3.64. The van der Waals surface area contributed by atoms with E-state index in [1.165, 1.54) is 0 Å². The maximum atomic E-state index is 11.9. The quantitative estimate of drug-likeness (QED) is 0.824. The lowest BCUT2D eigenvalue weighted by molar-refractivity contribution is 0.133. The lowest BCUT2D eigenvalue weighted by Gasteiger charge is -2.23. The number of alkyl carbamates (subject to hydrolysis) is 1. The van der Waals surface area contributed by atoms with Gasteiger partial charge in [-0.15, -0.1) is 0 Å². The average molecular weight is 313 g/mol. The molecule has 5 nitrogen and oxygen atoms in total. The summed E-state index contributed by atoms with van der Waals surface area (Å²) in [4.78, 5) is 16.2. The molecule has 0 radical (unpaired) electrons. The summed E-state index contributed by atoms with van der Waals surface area (Å²) in [5, 5.41) is 2.84. The maximum Gasteiger partial charge on any atom is 0.407 e. The molecule has 0 saturated carbocycles. The molecule has 0 spiro atoms. The third-order valence-corrected chi connectivity index (χ3v) is 3.64. The number of nitrogens with one attached hydrogen (secondary N) is 1. The molecule has 0 aliphatic carbocycles. The number of nitrogens with zero attached hydrogens (tertiary/aromatic N) is 1. The third kappa shape index (κ3) is 5.71. The van der Waals surface area contributed by atoms with Gasteiger partial charge in [-0.2, -0.15) is 0 Å². The zero-order valence-electron chi connectivity index (χ0n) is 13.3. The van der Waals surface area contributed by atoms with Crippen LogP contribution in [0.3, 0.4) is 0 Å². The number of benzene rings is 1. The fourth-order valence-electron chi connectivity index (χ4n) is 2.33. The van der Waals surface area contributed by atoms with Gasteiger partial charge in [0.2, 0.25) is 0 Å². The highest BCUT2D eigenvalue weighted by Crippen LogP contribution is 2.06. The summed E-state index contributed by atoms with van der Waals surface area (Å²) in [6.45, 7) is 2.24. The zero-order chi connectivity index (χ0) is 16.5. The van der Waals surface area contributed by atoms with E-state index in [1.807, 2.05) is 55.5 Å². The lowest BCUT2D eigenvalue weighted by Crippen LogP contribution is -2.48. The van der Waals surface area contributed by atoms with E-state index in [4.69, 9.17) is 10.5 Å². The van der Waals surface area contributed by atoms with Crippen molar-refractivity contribution in [2.45, 2.75) is 38.5 Å². The van der Waals surface area contributed by atoms with Gasteiger partial charge in [-0.3, -0.25) is 4.98 Å². The Balaban J connectivity index is 1.82. The van der Waals surface area contributed by atoms with E-state index < -0.39 is 6.09 Å². The fourth-order valence-corrected chi connectivity index (χ4v) is 2.33. The van der Waals surface area contributed by atoms with E-state index in [0.29, 0.717) is 6.42 Å². The summed E-state index contributed by atoms with van der Waals surface area (Å²) in [6.07, 6.45) is 2.63. The Labute approximate surface area is 136 Å². The standard InChI is InChI=1S/C18H23N3O2/c1-2-17(16(19)12-15-10-6-7-11-20-15)21-18(22)23-13-14-8-4-3-5-9-14/h3-11,16-17H,2,12-13,19H2,1H3,(H,21,22)/t16?,17-/m1/s1. The lowest BCUT2D eigenvalue weighted by atomic mass is 10.0. The molecule has 1 heterocycles. The summed E-state index contributed by atoms with van der Waals surface area (Å²) in [6, 6.07) is 14.9. The van der Waals surface area contributed by atoms with Crippen molar-refractivity contribution in [2.75, 3.05) is 0 Å². The van der Waals surface area contributed by atoms with Gasteiger partial charge in [-0.05, 0) is 24.1 Å². The van der Waals surface area contributed by atoms with E-state index in [9.17, 15) is 4.79 Å². The molecule has 1 unspecified atom stereocenters. The maximum absolute atomic E-state index is 11.9. The monoisotopic (exact) mass is 313 g/mol. The molecule has 0 saturated heterocycles. The fraction of sp³-hybridized carbons (Fsp3) is 0.333. The Bertz CT molecular complexity index is 590. The molecule has 1 aromatic carbocycles. The summed E-state index contributed by atoms with van der Waals surface area (Å²) in [7, 11) is 0. The smallest absolute Gasteiger partial charge is 0.407 e. The Kier molecular flexibility index (Phi) is 6.56. The van der Waals surface area contributed by atoms with Crippen molar-refractivity contribution in [3.8, 4) is 0 Å². The van der Waals surface area contributed by atoms with Crippen LogP contribution in [0.4, 0.5) is 4.79 Å². The number of ether oxygens (including phenoxy) is 1. The SMILES string of the molecule is CC[C@@H](NC(=O)OCc1ccccc1)C(N)Cc1ccccn1. The van der Waals surface area contributed by atoms with E-state index in [2.05, 4.69) is 10.3 Å². The van der Waals surface area contributed by atoms with Gasteiger partial charge >= 0.3 is 6.09 Å². The van der Waals surface area contributed by atoms with Crippen LogP contribution in [0.25, 0.3) is 0 Å². The van der Waals surface area contributed by atoms with E-state index >= 15 is 0 Å². The molecule has 2 atom stereocenters. The van der Waals surface area contributed by atoms with E-state index in [1.54, 1.807) is 6.20 Å². The summed E-state index contributed by atoms with van der Waals surface area (Å²) in [5.74, 6) is 0.